The third-order valence-corrected chi connectivity index (χ3v) is 3.70. The summed E-state index contributed by atoms with van der Waals surface area (Å²) in [6.07, 6.45) is 1.69. The monoisotopic (exact) mass is 339 g/mol. The van der Waals surface area contributed by atoms with Crippen LogP contribution in [-0.4, -0.2) is 17.0 Å². The van der Waals surface area contributed by atoms with Crippen molar-refractivity contribution in [3.63, 3.8) is 0 Å². The highest BCUT2D eigenvalue weighted by Gasteiger charge is 2.10. The van der Waals surface area contributed by atoms with Crippen LogP contribution in [0.5, 0.6) is 0 Å². The quantitative estimate of drug-likeness (QED) is 0.674. The van der Waals surface area contributed by atoms with Crippen LogP contribution in [0.2, 0.25) is 0 Å². The average molecular weight is 340 g/mol. The smallest absolute Gasteiger partial charge is 0.272 e. The van der Waals surface area contributed by atoms with E-state index in [9.17, 15) is 10.1 Å². The summed E-state index contributed by atoms with van der Waals surface area (Å²) in [4.78, 5) is 15.5. The van der Waals surface area contributed by atoms with Gasteiger partial charge in [-0.3, -0.25) is 10.1 Å². The van der Waals surface area contributed by atoms with Crippen molar-refractivity contribution in [2.24, 2.45) is 0 Å². The van der Waals surface area contributed by atoms with Gasteiger partial charge in [0.2, 0.25) is 0 Å². The summed E-state index contributed by atoms with van der Waals surface area (Å²) in [6, 6.07) is 8.62. The van der Waals surface area contributed by atoms with Crippen molar-refractivity contribution in [3.05, 3.63) is 51.1 Å². The van der Waals surface area contributed by atoms with Crippen molar-refractivity contribution in [1.82, 2.24) is 4.98 Å². The number of benzene rings is 1. The number of nitrogens with zero attached hydrogens (tertiary/aromatic N) is 2. The number of nitro groups is 1. The van der Waals surface area contributed by atoms with Crippen molar-refractivity contribution < 1.29 is 4.92 Å². The van der Waals surface area contributed by atoms with Crippen molar-refractivity contribution in [3.8, 4) is 0 Å². The molecule has 0 radical (unpaired) electrons. The van der Waals surface area contributed by atoms with Gasteiger partial charge in [-0.2, -0.15) is 0 Å². The molecule has 0 aliphatic carbocycles. The molecule has 2 rings (SSSR count). The van der Waals surface area contributed by atoms with Gasteiger partial charge in [0, 0.05) is 40.4 Å². The van der Waals surface area contributed by atoms with Gasteiger partial charge in [-0.15, -0.1) is 0 Å². The topological polar surface area (TPSA) is 68.1 Å². The molecule has 2 aromatic rings. The first-order valence-electron chi connectivity index (χ1n) is 5.35. The zero-order chi connectivity index (χ0) is 13.8. The maximum atomic E-state index is 10.9. The number of halogens is 1. The summed E-state index contributed by atoms with van der Waals surface area (Å²) in [6.45, 7) is 0. The van der Waals surface area contributed by atoms with E-state index in [0.717, 1.165) is 14.4 Å². The number of nitrogens with one attached hydrogen (secondary N) is 1. The number of hydrogen-bond acceptors (Lipinski definition) is 5. The van der Waals surface area contributed by atoms with Gasteiger partial charge in [0.15, 0.2) is 0 Å². The fourth-order valence-electron chi connectivity index (χ4n) is 1.44. The van der Waals surface area contributed by atoms with E-state index in [1.54, 1.807) is 13.2 Å². The molecule has 0 unspecified atom stereocenters. The lowest BCUT2D eigenvalue weighted by Crippen LogP contribution is -1.93. The molecule has 7 heteroatoms. The minimum absolute atomic E-state index is 0.0615. The van der Waals surface area contributed by atoms with Crippen molar-refractivity contribution in [1.29, 1.82) is 0 Å². The summed E-state index contributed by atoms with van der Waals surface area (Å²) >= 11 is 4.69. The van der Waals surface area contributed by atoms with Crippen LogP contribution in [0, 0.1) is 10.1 Å². The molecule has 0 saturated carbocycles. The molecule has 0 spiro atoms. The summed E-state index contributed by atoms with van der Waals surface area (Å²) in [7, 11) is 1.73. The Morgan fingerprint density at radius 2 is 2.16 bits per heavy atom. The largest absolute Gasteiger partial charge is 0.388 e. The van der Waals surface area contributed by atoms with E-state index in [2.05, 4.69) is 26.2 Å². The fourth-order valence-corrected chi connectivity index (χ4v) is 2.52. The Hall–Kier alpha value is -1.60. The second-order valence-corrected chi connectivity index (χ2v) is 5.65. The first-order valence-corrected chi connectivity index (χ1v) is 6.96. The number of rotatable bonds is 4. The molecule has 98 valence electrons. The first kappa shape index (κ1) is 13.8. The maximum absolute atomic E-state index is 10.9. The van der Waals surface area contributed by atoms with Crippen LogP contribution in [0.25, 0.3) is 0 Å². The molecule has 0 saturated heterocycles. The Labute approximate surface area is 122 Å². The number of non-ortho nitro benzene ring substituents is 1. The summed E-state index contributed by atoms with van der Waals surface area (Å²) in [5.74, 6) is 0. The van der Waals surface area contributed by atoms with Crippen molar-refractivity contribution >= 4 is 39.1 Å². The van der Waals surface area contributed by atoms with Crippen LogP contribution in [0.3, 0.4) is 0 Å². The van der Waals surface area contributed by atoms with Gasteiger partial charge in [-0.25, -0.2) is 4.98 Å². The highest BCUT2D eigenvalue weighted by Crippen LogP contribution is 2.32. The lowest BCUT2D eigenvalue weighted by molar-refractivity contribution is -0.385. The number of aromatic nitrogens is 1. The zero-order valence-electron chi connectivity index (χ0n) is 9.96. The predicted octanol–water partition coefficient (Wildman–Crippen LogP) is 3.95. The van der Waals surface area contributed by atoms with E-state index < -0.39 is 4.92 Å². The van der Waals surface area contributed by atoms with Gasteiger partial charge in [0.1, 0.15) is 5.03 Å². The molecule has 0 fully saturated rings. The molecular weight excluding hydrogens is 330 g/mol. The van der Waals surface area contributed by atoms with Gasteiger partial charge in [-0.1, -0.05) is 11.8 Å². The van der Waals surface area contributed by atoms with Crippen LogP contribution < -0.4 is 5.32 Å². The molecule has 1 heterocycles. The number of hydrogen-bond donors (Lipinski definition) is 1. The molecule has 0 aliphatic heterocycles. The van der Waals surface area contributed by atoms with E-state index >= 15 is 0 Å². The Balaban J connectivity index is 2.31. The summed E-state index contributed by atoms with van der Waals surface area (Å²) in [5.41, 5.74) is 0.764. The Morgan fingerprint density at radius 3 is 2.74 bits per heavy atom. The van der Waals surface area contributed by atoms with Crippen LogP contribution >= 0.6 is 27.7 Å². The highest BCUT2D eigenvalue weighted by molar-refractivity contribution is 9.10. The number of anilines is 1. The standard InChI is InChI=1S/C12H10BrN3O2S/c1-14-9-4-10(16(17)18)6-11(5-9)19-12-3-2-8(13)7-15-12/h2-7,14H,1H3. The molecular formula is C12H10BrN3O2S. The van der Waals surface area contributed by atoms with Crippen LogP contribution in [0.4, 0.5) is 11.4 Å². The Kier molecular flexibility index (Phi) is 4.39. The van der Waals surface area contributed by atoms with Crippen LogP contribution in [0.1, 0.15) is 0 Å². The normalized spacial score (nSPS) is 10.2. The van der Waals surface area contributed by atoms with E-state index in [0.29, 0.717) is 5.69 Å². The lowest BCUT2D eigenvalue weighted by atomic mass is 10.3. The summed E-state index contributed by atoms with van der Waals surface area (Å²) < 4.78 is 0.895. The van der Waals surface area contributed by atoms with Crippen molar-refractivity contribution in [2.45, 2.75) is 9.92 Å². The molecule has 0 amide bonds. The van der Waals surface area contributed by atoms with E-state index in [-0.39, 0.29) is 5.69 Å². The molecule has 0 aliphatic rings. The average Bonchev–Trinajstić information content (AvgIpc) is 2.41. The molecule has 0 atom stereocenters. The maximum Gasteiger partial charge on any atom is 0.272 e. The Bertz CT molecular complexity index is 604. The summed E-state index contributed by atoms with van der Waals surface area (Å²) in [5, 5.41) is 14.6. The van der Waals surface area contributed by atoms with Gasteiger partial charge in [0.05, 0.1) is 4.92 Å². The van der Waals surface area contributed by atoms with E-state index in [1.165, 1.54) is 23.9 Å². The molecule has 19 heavy (non-hydrogen) atoms. The molecule has 0 bridgehead atoms. The third kappa shape index (κ3) is 3.68. The van der Waals surface area contributed by atoms with Gasteiger partial charge in [-0.05, 0) is 34.1 Å². The van der Waals surface area contributed by atoms with Gasteiger partial charge >= 0.3 is 0 Å². The molecule has 1 N–H and O–H groups in total. The molecule has 5 nitrogen and oxygen atoms in total. The first-order chi connectivity index (χ1) is 9.08. The molecule has 1 aromatic heterocycles. The lowest BCUT2D eigenvalue weighted by Gasteiger charge is -2.05. The van der Waals surface area contributed by atoms with Gasteiger partial charge in [0.25, 0.3) is 5.69 Å². The van der Waals surface area contributed by atoms with Crippen LogP contribution in [0.15, 0.2) is 50.9 Å². The SMILES string of the molecule is CNc1cc(Sc2ccc(Br)cn2)cc([N+](=O)[O-])c1. The Morgan fingerprint density at radius 1 is 1.37 bits per heavy atom. The van der Waals surface area contributed by atoms with E-state index in [4.69, 9.17) is 0 Å². The predicted molar refractivity (Wildman–Crippen MR) is 78.7 cm³/mol. The number of nitro benzene ring substituents is 1. The van der Waals surface area contributed by atoms with Crippen LogP contribution in [-0.2, 0) is 0 Å². The fraction of sp³-hybridized carbons (Fsp3) is 0.0833. The second kappa shape index (κ2) is 6.03. The van der Waals surface area contributed by atoms with Crippen molar-refractivity contribution in [2.75, 3.05) is 12.4 Å². The minimum Gasteiger partial charge on any atom is -0.388 e. The minimum atomic E-state index is -0.403. The third-order valence-electron chi connectivity index (χ3n) is 2.31. The second-order valence-electron chi connectivity index (χ2n) is 3.64. The van der Waals surface area contributed by atoms with E-state index in [1.807, 2.05) is 18.2 Å². The zero-order valence-corrected chi connectivity index (χ0v) is 12.4. The number of pyridine rings is 1. The van der Waals surface area contributed by atoms with Gasteiger partial charge < -0.3 is 5.32 Å². The molecule has 1 aromatic carbocycles. The highest BCUT2D eigenvalue weighted by atomic mass is 79.9.